The molecule has 2 aromatic carbocycles. The van der Waals surface area contributed by atoms with Gasteiger partial charge in [0.25, 0.3) is 0 Å². The average molecular weight is 282 g/mol. The van der Waals surface area contributed by atoms with Gasteiger partial charge >= 0.3 is 0 Å². The molecule has 2 aromatic rings. The van der Waals surface area contributed by atoms with Crippen LogP contribution in [0.4, 0.5) is 5.69 Å². The number of carbonyl (C=O) groups is 1. The SMILES string of the molecule is C=CCC(N)C(=O)Nc1ccccc1Oc1ccccc1. The number of nitrogens with two attached hydrogens (primary N) is 1. The highest BCUT2D eigenvalue weighted by molar-refractivity contribution is 5.96. The van der Waals surface area contributed by atoms with Crippen LogP contribution in [0.3, 0.4) is 0 Å². The van der Waals surface area contributed by atoms with E-state index in [1.165, 1.54) is 0 Å². The van der Waals surface area contributed by atoms with E-state index >= 15 is 0 Å². The van der Waals surface area contributed by atoms with E-state index in [1.807, 2.05) is 42.5 Å². The molecule has 108 valence electrons. The molecule has 0 aliphatic carbocycles. The van der Waals surface area contributed by atoms with Crippen LogP contribution < -0.4 is 15.8 Å². The molecule has 0 heterocycles. The lowest BCUT2D eigenvalue weighted by molar-refractivity contribution is -0.117. The molecule has 0 fully saturated rings. The number of benzene rings is 2. The van der Waals surface area contributed by atoms with E-state index in [-0.39, 0.29) is 5.91 Å². The molecule has 0 spiro atoms. The number of anilines is 1. The molecule has 21 heavy (non-hydrogen) atoms. The number of hydrogen-bond acceptors (Lipinski definition) is 3. The van der Waals surface area contributed by atoms with Gasteiger partial charge in [0.1, 0.15) is 5.75 Å². The Hall–Kier alpha value is -2.59. The van der Waals surface area contributed by atoms with Crippen molar-refractivity contribution in [3.63, 3.8) is 0 Å². The maximum Gasteiger partial charge on any atom is 0.241 e. The Morgan fingerprint density at radius 2 is 1.86 bits per heavy atom. The first-order valence-electron chi connectivity index (χ1n) is 6.70. The lowest BCUT2D eigenvalue weighted by atomic mass is 10.2. The van der Waals surface area contributed by atoms with Gasteiger partial charge in [0.05, 0.1) is 11.7 Å². The summed E-state index contributed by atoms with van der Waals surface area (Å²) in [6.07, 6.45) is 2.05. The van der Waals surface area contributed by atoms with Crippen molar-refractivity contribution in [3.05, 3.63) is 67.3 Å². The van der Waals surface area contributed by atoms with Gasteiger partial charge in [0, 0.05) is 0 Å². The first-order chi connectivity index (χ1) is 10.2. The summed E-state index contributed by atoms with van der Waals surface area (Å²) in [4.78, 5) is 12.0. The van der Waals surface area contributed by atoms with Gasteiger partial charge in [0.15, 0.2) is 5.75 Å². The molecule has 0 aromatic heterocycles. The first kappa shape index (κ1) is 14.8. The minimum atomic E-state index is -0.618. The standard InChI is InChI=1S/C17H18N2O2/c1-2-8-14(18)17(20)19-15-11-6-7-12-16(15)21-13-9-4-3-5-10-13/h2-7,9-12,14H,1,8,18H2,(H,19,20). The van der Waals surface area contributed by atoms with Crippen LogP contribution in [0.15, 0.2) is 67.3 Å². The topological polar surface area (TPSA) is 64.4 Å². The number of para-hydroxylation sites is 3. The third-order valence-electron chi connectivity index (χ3n) is 2.87. The smallest absolute Gasteiger partial charge is 0.241 e. The van der Waals surface area contributed by atoms with Crippen molar-refractivity contribution in [2.24, 2.45) is 5.73 Å². The molecule has 0 bridgehead atoms. The van der Waals surface area contributed by atoms with Gasteiger partial charge in [-0.2, -0.15) is 0 Å². The maximum absolute atomic E-state index is 12.0. The number of ether oxygens (including phenoxy) is 1. The molecule has 0 aliphatic rings. The van der Waals surface area contributed by atoms with Gasteiger partial charge in [-0.3, -0.25) is 4.79 Å². The second kappa shape index (κ2) is 7.26. The fraction of sp³-hybridized carbons (Fsp3) is 0.118. The fourth-order valence-corrected chi connectivity index (χ4v) is 1.79. The van der Waals surface area contributed by atoms with E-state index in [0.29, 0.717) is 23.6 Å². The van der Waals surface area contributed by atoms with Crippen LogP contribution in [0.2, 0.25) is 0 Å². The van der Waals surface area contributed by atoms with Gasteiger partial charge in [-0.25, -0.2) is 0 Å². The van der Waals surface area contributed by atoms with Crippen molar-refractivity contribution in [3.8, 4) is 11.5 Å². The first-order valence-corrected chi connectivity index (χ1v) is 6.70. The van der Waals surface area contributed by atoms with Crippen molar-refractivity contribution in [1.82, 2.24) is 0 Å². The molecule has 0 saturated carbocycles. The number of hydrogen-bond donors (Lipinski definition) is 2. The summed E-state index contributed by atoms with van der Waals surface area (Å²) in [6, 6.07) is 16.0. The Morgan fingerprint density at radius 1 is 1.19 bits per heavy atom. The summed E-state index contributed by atoms with van der Waals surface area (Å²) in [5.41, 5.74) is 6.34. The maximum atomic E-state index is 12.0. The van der Waals surface area contributed by atoms with Crippen molar-refractivity contribution in [2.75, 3.05) is 5.32 Å². The third kappa shape index (κ3) is 4.19. The van der Waals surface area contributed by atoms with E-state index < -0.39 is 6.04 Å². The molecule has 0 aliphatic heterocycles. The van der Waals surface area contributed by atoms with Gasteiger partial charge in [0.2, 0.25) is 5.91 Å². The molecular formula is C17H18N2O2. The minimum absolute atomic E-state index is 0.265. The summed E-state index contributed by atoms with van der Waals surface area (Å²) in [6.45, 7) is 3.58. The molecule has 0 saturated heterocycles. The summed E-state index contributed by atoms with van der Waals surface area (Å²) >= 11 is 0. The lowest BCUT2D eigenvalue weighted by Gasteiger charge is -2.14. The number of amides is 1. The second-order valence-electron chi connectivity index (χ2n) is 4.53. The Labute approximate surface area is 124 Å². The molecule has 1 unspecified atom stereocenters. The largest absolute Gasteiger partial charge is 0.455 e. The average Bonchev–Trinajstić information content (AvgIpc) is 2.50. The monoisotopic (exact) mass is 282 g/mol. The van der Waals surface area contributed by atoms with Gasteiger partial charge < -0.3 is 15.8 Å². The fourth-order valence-electron chi connectivity index (χ4n) is 1.79. The molecule has 3 N–H and O–H groups in total. The van der Waals surface area contributed by atoms with Crippen molar-refractivity contribution < 1.29 is 9.53 Å². The Balaban J connectivity index is 2.13. The number of rotatable bonds is 6. The zero-order valence-corrected chi connectivity index (χ0v) is 11.7. The minimum Gasteiger partial charge on any atom is -0.455 e. The Morgan fingerprint density at radius 3 is 2.57 bits per heavy atom. The van der Waals surface area contributed by atoms with Crippen LogP contribution in [-0.2, 0) is 4.79 Å². The predicted octanol–water partition coefficient (Wildman–Crippen LogP) is 3.32. The third-order valence-corrected chi connectivity index (χ3v) is 2.87. The zero-order valence-electron chi connectivity index (χ0n) is 11.7. The zero-order chi connectivity index (χ0) is 15.1. The second-order valence-corrected chi connectivity index (χ2v) is 4.53. The molecule has 0 radical (unpaired) electrons. The normalized spacial score (nSPS) is 11.5. The van der Waals surface area contributed by atoms with Crippen LogP contribution in [0.5, 0.6) is 11.5 Å². The van der Waals surface area contributed by atoms with Crippen LogP contribution >= 0.6 is 0 Å². The van der Waals surface area contributed by atoms with Gasteiger partial charge in [-0.1, -0.05) is 36.4 Å². The van der Waals surface area contributed by atoms with E-state index in [9.17, 15) is 4.79 Å². The Kier molecular flexibility index (Phi) is 5.12. The van der Waals surface area contributed by atoms with Gasteiger partial charge in [-0.15, -0.1) is 6.58 Å². The number of nitrogens with one attached hydrogen (secondary N) is 1. The molecular weight excluding hydrogens is 264 g/mol. The van der Waals surface area contributed by atoms with Crippen LogP contribution in [0.25, 0.3) is 0 Å². The lowest BCUT2D eigenvalue weighted by Crippen LogP contribution is -2.35. The van der Waals surface area contributed by atoms with Crippen LogP contribution in [0, 0.1) is 0 Å². The van der Waals surface area contributed by atoms with Gasteiger partial charge in [-0.05, 0) is 30.7 Å². The molecule has 4 heteroatoms. The van der Waals surface area contributed by atoms with Crippen LogP contribution in [-0.4, -0.2) is 11.9 Å². The van der Waals surface area contributed by atoms with E-state index in [1.54, 1.807) is 18.2 Å². The quantitative estimate of drug-likeness (QED) is 0.799. The highest BCUT2D eigenvalue weighted by Gasteiger charge is 2.14. The summed E-state index contributed by atoms with van der Waals surface area (Å²) in [7, 11) is 0. The highest BCUT2D eigenvalue weighted by atomic mass is 16.5. The van der Waals surface area contributed by atoms with Crippen LogP contribution in [0.1, 0.15) is 6.42 Å². The summed E-state index contributed by atoms with van der Waals surface area (Å²) in [5, 5.41) is 2.78. The van der Waals surface area contributed by atoms with E-state index in [0.717, 1.165) is 0 Å². The molecule has 4 nitrogen and oxygen atoms in total. The molecule has 2 rings (SSSR count). The molecule has 1 atom stereocenters. The molecule has 1 amide bonds. The van der Waals surface area contributed by atoms with Crippen molar-refractivity contribution in [1.29, 1.82) is 0 Å². The van der Waals surface area contributed by atoms with Crippen molar-refractivity contribution >= 4 is 11.6 Å². The number of carbonyl (C=O) groups excluding carboxylic acids is 1. The van der Waals surface area contributed by atoms with E-state index in [2.05, 4.69) is 11.9 Å². The highest BCUT2D eigenvalue weighted by Crippen LogP contribution is 2.29. The summed E-state index contributed by atoms with van der Waals surface area (Å²) in [5.74, 6) is 1.01. The van der Waals surface area contributed by atoms with Crippen molar-refractivity contribution in [2.45, 2.75) is 12.5 Å². The van der Waals surface area contributed by atoms with E-state index in [4.69, 9.17) is 10.5 Å². The predicted molar refractivity (Wildman–Crippen MR) is 84.4 cm³/mol. The summed E-state index contributed by atoms with van der Waals surface area (Å²) < 4.78 is 5.77. The Bertz CT molecular complexity index is 611.